The minimum absolute atomic E-state index is 0. The molecule has 40 heavy (non-hydrogen) atoms. The maximum absolute atomic E-state index is 3.55. The minimum Gasteiger partial charge on any atom is -1.00 e. The van der Waals surface area contributed by atoms with Gasteiger partial charge in [-0.25, -0.2) is 0 Å². The summed E-state index contributed by atoms with van der Waals surface area (Å²) in [5.41, 5.74) is 5.04. The standard InChI is InChI=1S/C36H42N2.2ClH/c1-5-15-35(16-6-1)31-37(25-9-3-10-26-37)29-13-19-33-21-23-34(24-22-33)20-14-30-38(27-11-4-12-28-38)32-36-17-7-2-8-18-36;;/h1-2,5-8,15-18,21-24H,3-4,9-12,25-32H2;2*1H/q+2;;/p-2. The molecular formula is C36H42Cl2N2. The molecule has 0 atom stereocenters. The molecule has 0 bridgehead atoms. The second-order valence-corrected chi connectivity index (χ2v) is 11.5. The molecule has 0 unspecified atom stereocenters. The summed E-state index contributed by atoms with van der Waals surface area (Å²) in [6.45, 7) is 8.99. The molecule has 3 aromatic rings. The van der Waals surface area contributed by atoms with Crippen molar-refractivity contribution in [2.45, 2.75) is 51.6 Å². The third kappa shape index (κ3) is 9.16. The van der Waals surface area contributed by atoms with Crippen molar-refractivity contribution in [1.82, 2.24) is 0 Å². The highest BCUT2D eigenvalue weighted by molar-refractivity contribution is 5.42. The lowest BCUT2D eigenvalue weighted by molar-refractivity contribution is -0.938. The van der Waals surface area contributed by atoms with Crippen LogP contribution in [-0.4, -0.2) is 48.2 Å². The van der Waals surface area contributed by atoms with Gasteiger partial charge in [0.05, 0.1) is 26.2 Å². The zero-order chi connectivity index (χ0) is 25.9. The quantitative estimate of drug-likeness (QED) is 0.303. The van der Waals surface area contributed by atoms with Gasteiger partial charge in [-0.3, -0.25) is 0 Å². The fraction of sp³-hybridized carbons (Fsp3) is 0.389. The lowest BCUT2D eigenvalue weighted by atomic mass is 10.0. The predicted octanol–water partition coefficient (Wildman–Crippen LogP) is 0.799. The molecule has 2 aliphatic rings. The number of likely N-dealkylation sites (tertiary alicyclic amines) is 2. The van der Waals surface area contributed by atoms with E-state index in [-0.39, 0.29) is 24.8 Å². The van der Waals surface area contributed by atoms with E-state index in [0.29, 0.717) is 0 Å². The number of benzene rings is 3. The van der Waals surface area contributed by atoms with Crippen LogP contribution in [0.4, 0.5) is 0 Å². The third-order valence-electron chi connectivity index (χ3n) is 8.43. The maximum Gasteiger partial charge on any atom is 0.141 e. The molecule has 2 saturated heterocycles. The van der Waals surface area contributed by atoms with Gasteiger partial charge < -0.3 is 33.8 Å². The van der Waals surface area contributed by atoms with Gasteiger partial charge in [0.2, 0.25) is 0 Å². The Bertz CT molecular complexity index is 1170. The van der Waals surface area contributed by atoms with E-state index >= 15 is 0 Å². The first-order valence-corrected chi connectivity index (χ1v) is 14.6. The average Bonchev–Trinajstić information content (AvgIpc) is 2.96. The molecule has 0 radical (unpaired) electrons. The Hall–Kier alpha value is -2.72. The number of quaternary nitrogens is 2. The van der Waals surface area contributed by atoms with Crippen LogP contribution >= 0.6 is 0 Å². The molecule has 2 fully saturated rings. The first kappa shape index (κ1) is 31.8. The highest BCUT2D eigenvalue weighted by Crippen LogP contribution is 2.23. The molecule has 0 amide bonds. The lowest BCUT2D eigenvalue weighted by Gasteiger charge is -2.40. The average molecular weight is 574 g/mol. The Morgan fingerprint density at radius 3 is 1.15 bits per heavy atom. The zero-order valence-electron chi connectivity index (χ0n) is 23.6. The van der Waals surface area contributed by atoms with Crippen molar-refractivity contribution >= 4 is 0 Å². The summed E-state index contributed by atoms with van der Waals surface area (Å²) < 4.78 is 2.20. The third-order valence-corrected chi connectivity index (χ3v) is 8.43. The SMILES string of the molecule is C(#Cc1ccc(C#CC[N+]2(Cc3ccccc3)CCCCC2)cc1)C[N+]1(Cc2ccccc2)CCCCC1.[Cl-].[Cl-]. The number of hydrogen-bond donors (Lipinski definition) is 0. The minimum atomic E-state index is 0. The van der Waals surface area contributed by atoms with Crippen molar-refractivity contribution in [3.05, 3.63) is 107 Å². The molecule has 0 N–H and O–H groups in total. The van der Waals surface area contributed by atoms with Gasteiger partial charge in [0, 0.05) is 22.3 Å². The zero-order valence-corrected chi connectivity index (χ0v) is 25.1. The number of hydrogen-bond acceptors (Lipinski definition) is 0. The van der Waals surface area contributed by atoms with E-state index in [1.165, 1.54) is 75.8 Å². The lowest BCUT2D eigenvalue weighted by Crippen LogP contribution is -3.00. The van der Waals surface area contributed by atoms with E-state index in [1.807, 2.05) is 0 Å². The van der Waals surface area contributed by atoms with Crippen molar-refractivity contribution < 1.29 is 33.8 Å². The van der Waals surface area contributed by atoms with Gasteiger partial charge in [0.15, 0.2) is 0 Å². The summed E-state index contributed by atoms with van der Waals surface area (Å²) in [6.07, 6.45) is 7.97. The van der Waals surface area contributed by atoms with Crippen LogP contribution in [0.1, 0.15) is 60.8 Å². The van der Waals surface area contributed by atoms with Crippen molar-refractivity contribution in [3.8, 4) is 23.7 Å². The normalized spacial score (nSPS) is 17.0. The van der Waals surface area contributed by atoms with Crippen LogP contribution in [0.2, 0.25) is 0 Å². The fourth-order valence-electron chi connectivity index (χ4n) is 6.31. The number of rotatable bonds is 6. The van der Waals surface area contributed by atoms with Crippen LogP contribution in [0.15, 0.2) is 84.9 Å². The predicted molar refractivity (Wildman–Crippen MR) is 158 cm³/mol. The van der Waals surface area contributed by atoms with Gasteiger partial charge >= 0.3 is 0 Å². The van der Waals surface area contributed by atoms with Crippen LogP contribution in [0.25, 0.3) is 0 Å². The maximum atomic E-state index is 3.55. The molecule has 0 spiro atoms. The molecule has 210 valence electrons. The highest BCUT2D eigenvalue weighted by atomic mass is 35.5. The molecule has 5 rings (SSSR count). The summed E-state index contributed by atoms with van der Waals surface area (Å²) >= 11 is 0. The molecule has 4 heteroatoms. The van der Waals surface area contributed by atoms with Crippen molar-refractivity contribution in [2.24, 2.45) is 0 Å². The van der Waals surface area contributed by atoms with Crippen LogP contribution < -0.4 is 24.8 Å². The van der Waals surface area contributed by atoms with Crippen molar-refractivity contribution in [2.75, 3.05) is 39.3 Å². The first-order valence-electron chi connectivity index (χ1n) is 14.6. The van der Waals surface area contributed by atoms with E-state index in [0.717, 1.165) is 46.3 Å². The number of halogens is 2. The van der Waals surface area contributed by atoms with Gasteiger partial charge in [-0.1, -0.05) is 72.5 Å². The van der Waals surface area contributed by atoms with E-state index in [1.54, 1.807) is 0 Å². The topological polar surface area (TPSA) is 0 Å². The Morgan fingerprint density at radius 1 is 0.450 bits per heavy atom. The summed E-state index contributed by atoms with van der Waals surface area (Å²) in [4.78, 5) is 0. The van der Waals surface area contributed by atoms with Crippen molar-refractivity contribution in [1.29, 1.82) is 0 Å². The van der Waals surface area contributed by atoms with Crippen LogP contribution in [-0.2, 0) is 13.1 Å². The largest absolute Gasteiger partial charge is 1.00 e. The summed E-state index contributed by atoms with van der Waals surface area (Å²) in [6, 6.07) is 30.5. The summed E-state index contributed by atoms with van der Waals surface area (Å²) in [5.74, 6) is 14.0. The summed E-state index contributed by atoms with van der Waals surface area (Å²) in [5, 5.41) is 0. The Morgan fingerprint density at radius 2 is 0.800 bits per heavy atom. The molecule has 3 aromatic carbocycles. The molecule has 0 saturated carbocycles. The molecule has 0 aromatic heterocycles. The molecular weight excluding hydrogens is 531 g/mol. The molecule has 2 aliphatic heterocycles. The van der Waals surface area contributed by atoms with Gasteiger partial charge in [-0.15, -0.1) is 0 Å². The van der Waals surface area contributed by atoms with Gasteiger partial charge in [0.25, 0.3) is 0 Å². The second kappa shape index (κ2) is 15.9. The Labute approximate surface area is 254 Å². The Kier molecular flexibility index (Phi) is 12.6. The Balaban J connectivity index is 0.00000220. The van der Waals surface area contributed by atoms with Crippen molar-refractivity contribution in [3.63, 3.8) is 0 Å². The monoisotopic (exact) mass is 572 g/mol. The second-order valence-electron chi connectivity index (χ2n) is 11.5. The highest BCUT2D eigenvalue weighted by Gasteiger charge is 2.30. The smallest absolute Gasteiger partial charge is 0.141 e. The van der Waals surface area contributed by atoms with Crippen LogP contribution in [0, 0.1) is 23.7 Å². The molecule has 2 heterocycles. The van der Waals surface area contributed by atoms with E-state index in [9.17, 15) is 0 Å². The van der Waals surface area contributed by atoms with E-state index in [4.69, 9.17) is 0 Å². The van der Waals surface area contributed by atoms with Gasteiger partial charge in [-0.05, 0) is 74.6 Å². The van der Waals surface area contributed by atoms with E-state index < -0.39 is 0 Å². The van der Waals surface area contributed by atoms with Gasteiger partial charge in [-0.2, -0.15) is 0 Å². The fourth-order valence-corrected chi connectivity index (χ4v) is 6.31. The van der Waals surface area contributed by atoms with Crippen LogP contribution in [0.5, 0.6) is 0 Å². The number of piperidine rings is 2. The van der Waals surface area contributed by atoms with E-state index in [2.05, 4.69) is 109 Å². The first-order chi connectivity index (χ1) is 18.7. The molecule has 0 aliphatic carbocycles. The molecule has 2 nitrogen and oxygen atoms in total. The van der Waals surface area contributed by atoms with Gasteiger partial charge in [0.1, 0.15) is 26.2 Å². The number of nitrogens with zero attached hydrogens (tertiary/aromatic N) is 2. The summed E-state index contributed by atoms with van der Waals surface area (Å²) in [7, 11) is 0. The van der Waals surface area contributed by atoms with Crippen LogP contribution in [0.3, 0.4) is 0 Å².